The molecule has 3 aromatic rings. The van der Waals surface area contributed by atoms with Gasteiger partial charge >= 0.3 is 0 Å². The molecule has 1 atom stereocenters. The van der Waals surface area contributed by atoms with E-state index in [9.17, 15) is 16.8 Å². The van der Waals surface area contributed by atoms with E-state index in [4.69, 9.17) is 22.4 Å². The molecule has 34 heavy (non-hydrogen) atoms. The minimum absolute atomic E-state index is 0.189. The smallest absolute Gasteiger partial charge is 0.240 e. The van der Waals surface area contributed by atoms with E-state index in [1.165, 1.54) is 23.5 Å². The fraction of sp³-hybridized carbons (Fsp3) is 0.263. The van der Waals surface area contributed by atoms with Crippen molar-refractivity contribution in [2.24, 2.45) is 21.8 Å². The largest absolute Gasteiger partial charge is 0.382 e. The number of hydrazine groups is 1. The Balaban J connectivity index is 2.14. The van der Waals surface area contributed by atoms with Crippen molar-refractivity contribution in [2.45, 2.75) is 28.4 Å². The van der Waals surface area contributed by atoms with E-state index in [0.717, 1.165) is 10.3 Å². The number of primary sulfonamides is 1. The highest BCUT2D eigenvalue weighted by Gasteiger charge is 2.37. The van der Waals surface area contributed by atoms with Crippen molar-refractivity contribution in [1.82, 2.24) is 15.8 Å². The van der Waals surface area contributed by atoms with Crippen molar-refractivity contribution in [2.75, 3.05) is 18.8 Å². The molecule has 0 radical (unpaired) electrons. The number of rotatable bonds is 6. The van der Waals surface area contributed by atoms with Gasteiger partial charge in [-0.1, -0.05) is 29.5 Å². The van der Waals surface area contributed by atoms with E-state index in [2.05, 4.69) is 15.4 Å². The van der Waals surface area contributed by atoms with E-state index >= 15 is 0 Å². The number of nitrogen functional groups attached to an aromatic ring is 1. The maximum absolute atomic E-state index is 13.4. The third-order valence-corrected chi connectivity index (χ3v) is 10.0. The van der Waals surface area contributed by atoms with E-state index in [1.54, 1.807) is 6.07 Å². The molecule has 15 heteroatoms. The molecule has 0 bridgehead atoms. The van der Waals surface area contributed by atoms with Gasteiger partial charge < -0.3 is 16.8 Å². The number of nitrogens with one attached hydrogen (secondary N) is 2. The predicted octanol–water partition coefficient (Wildman–Crippen LogP) is -0.279. The minimum Gasteiger partial charge on any atom is -0.382 e. The number of hydrazone groups is 1. The van der Waals surface area contributed by atoms with Crippen molar-refractivity contribution in [3.63, 3.8) is 0 Å². The number of benzene rings is 2. The Morgan fingerprint density at radius 3 is 2.53 bits per heavy atom. The van der Waals surface area contributed by atoms with Crippen LogP contribution in [-0.2, 0) is 19.9 Å². The maximum atomic E-state index is 13.4. The number of sulfonamides is 1. The summed E-state index contributed by atoms with van der Waals surface area (Å²) in [5, 5.41) is 11.8. The molecule has 182 valence electrons. The molecule has 2 aromatic carbocycles. The fourth-order valence-electron chi connectivity index (χ4n) is 4.11. The average molecular weight is 525 g/mol. The first-order chi connectivity index (χ1) is 16.0. The lowest BCUT2D eigenvalue weighted by Crippen LogP contribution is -2.31. The Morgan fingerprint density at radius 1 is 1.21 bits per heavy atom. The summed E-state index contributed by atoms with van der Waals surface area (Å²) in [6.07, 6.45) is 0.327. The number of nitrogens with two attached hydrogens (primary N) is 4. The van der Waals surface area contributed by atoms with Gasteiger partial charge in [-0.05, 0) is 37.1 Å². The summed E-state index contributed by atoms with van der Waals surface area (Å²) in [6, 6.07) is 6.24. The van der Waals surface area contributed by atoms with E-state index in [1.807, 2.05) is 18.5 Å². The highest BCUT2D eigenvalue weighted by molar-refractivity contribution is 7.94. The monoisotopic (exact) mass is 524 g/mol. The Hall–Kier alpha value is -2.82. The van der Waals surface area contributed by atoms with E-state index in [0.29, 0.717) is 29.2 Å². The highest BCUT2D eigenvalue weighted by Crippen LogP contribution is 2.40. The Labute approximate surface area is 200 Å². The molecule has 0 aliphatic carbocycles. The van der Waals surface area contributed by atoms with Gasteiger partial charge in [0.15, 0.2) is 20.8 Å². The number of thiazole rings is 1. The predicted molar refractivity (Wildman–Crippen MR) is 132 cm³/mol. The molecule has 0 saturated carbocycles. The lowest BCUT2D eigenvalue weighted by molar-refractivity contribution is 0.574. The van der Waals surface area contributed by atoms with Crippen LogP contribution in [0.1, 0.15) is 17.5 Å². The molecule has 2 heterocycles. The summed E-state index contributed by atoms with van der Waals surface area (Å²) in [4.78, 5) is 3.30. The van der Waals surface area contributed by atoms with Crippen molar-refractivity contribution in [1.29, 1.82) is 0 Å². The summed E-state index contributed by atoms with van der Waals surface area (Å²) in [6.45, 7) is 2.57. The van der Waals surface area contributed by atoms with Crippen molar-refractivity contribution in [3.8, 4) is 11.1 Å². The van der Waals surface area contributed by atoms with Crippen LogP contribution in [-0.4, -0.2) is 46.0 Å². The molecule has 0 spiro atoms. The topological polar surface area (TPSA) is 222 Å². The number of hydrogen-bond donors (Lipinski definition) is 6. The highest BCUT2D eigenvalue weighted by atomic mass is 32.2. The number of fused-ring (bicyclic) bond motifs is 1. The third kappa shape index (κ3) is 4.10. The fourth-order valence-corrected chi connectivity index (χ4v) is 8.23. The number of aryl methyl sites for hydroxylation is 1. The Kier molecular flexibility index (Phi) is 6.26. The molecule has 1 fully saturated rings. The van der Waals surface area contributed by atoms with Gasteiger partial charge in [-0.3, -0.25) is 0 Å². The zero-order chi connectivity index (χ0) is 24.8. The number of nitrogens with zero attached hydrogens (tertiary/aromatic N) is 2. The SMILES string of the molecule is Cc1ccc(-c2ccc(S(=O)(=O)C3CCNC3)c(S(N)(=O)=O)c2/C(N)=N/NN)c2nc(N)sc12. The van der Waals surface area contributed by atoms with Crippen LogP contribution in [0.2, 0.25) is 0 Å². The van der Waals surface area contributed by atoms with Crippen LogP contribution in [0, 0.1) is 6.92 Å². The Morgan fingerprint density at radius 2 is 1.91 bits per heavy atom. The quantitative estimate of drug-likeness (QED) is 0.107. The molecule has 12 nitrogen and oxygen atoms in total. The third-order valence-electron chi connectivity index (χ3n) is 5.65. The van der Waals surface area contributed by atoms with Crippen LogP contribution in [0.15, 0.2) is 39.2 Å². The minimum atomic E-state index is -4.60. The zero-order valence-electron chi connectivity index (χ0n) is 18.1. The van der Waals surface area contributed by atoms with Crippen LogP contribution in [0.25, 0.3) is 21.3 Å². The molecule has 4 rings (SSSR count). The second-order valence-corrected chi connectivity index (χ2v) is 12.5. The normalized spacial score (nSPS) is 17.4. The van der Waals surface area contributed by atoms with Gasteiger partial charge in [0.2, 0.25) is 10.0 Å². The number of anilines is 1. The second-order valence-electron chi connectivity index (χ2n) is 7.81. The van der Waals surface area contributed by atoms with Gasteiger partial charge in [0.05, 0.1) is 20.4 Å². The first-order valence-electron chi connectivity index (χ1n) is 10.1. The summed E-state index contributed by atoms with van der Waals surface area (Å²) in [5.41, 5.74) is 16.1. The molecule has 10 N–H and O–H groups in total. The van der Waals surface area contributed by atoms with E-state index < -0.39 is 34.9 Å². The van der Waals surface area contributed by atoms with Gasteiger partial charge in [-0.25, -0.2) is 38.3 Å². The molecule has 1 aliphatic heterocycles. The number of aromatic nitrogens is 1. The van der Waals surface area contributed by atoms with Crippen LogP contribution >= 0.6 is 11.3 Å². The molecule has 1 aliphatic rings. The molecule has 1 aromatic heterocycles. The van der Waals surface area contributed by atoms with Crippen molar-refractivity contribution < 1.29 is 16.8 Å². The van der Waals surface area contributed by atoms with Gasteiger partial charge in [0.1, 0.15) is 4.90 Å². The van der Waals surface area contributed by atoms with Crippen molar-refractivity contribution >= 4 is 52.4 Å². The van der Waals surface area contributed by atoms with Crippen LogP contribution < -0.4 is 33.3 Å². The van der Waals surface area contributed by atoms with Crippen LogP contribution in [0.3, 0.4) is 0 Å². The first kappa shape index (κ1) is 24.3. The maximum Gasteiger partial charge on any atom is 0.240 e. The van der Waals surface area contributed by atoms with Gasteiger partial charge in [-0.2, -0.15) is 0 Å². The molecule has 1 unspecified atom stereocenters. The lowest BCUT2D eigenvalue weighted by Gasteiger charge is -2.20. The molecule has 0 amide bonds. The molecule has 1 saturated heterocycles. The average Bonchev–Trinajstić information content (AvgIpc) is 3.43. The lowest BCUT2D eigenvalue weighted by atomic mass is 9.97. The first-order valence-corrected chi connectivity index (χ1v) is 14.0. The van der Waals surface area contributed by atoms with Crippen molar-refractivity contribution in [3.05, 3.63) is 35.4 Å². The number of sulfone groups is 1. The van der Waals surface area contributed by atoms with Gasteiger partial charge in [0, 0.05) is 17.7 Å². The van der Waals surface area contributed by atoms with E-state index in [-0.39, 0.29) is 23.5 Å². The van der Waals surface area contributed by atoms with Gasteiger partial charge in [-0.15, -0.1) is 5.10 Å². The van der Waals surface area contributed by atoms with Gasteiger partial charge in [0.25, 0.3) is 0 Å². The second kappa shape index (κ2) is 8.75. The molecular weight excluding hydrogens is 500 g/mol. The summed E-state index contributed by atoms with van der Waals surface area (Å²) in [7, 11) is -8.68. The zero-order valence-corrected chi connectivity index (χ0v) is 20.5. The summed E-state index contributed by atoms with van der Waals surface area (Å²) >= 11 is 1.27. The summed E-state index contributed by atoms with van der Waals surface area (Å²) < 4.78 is 53.4. The number of hydrogen-bond acceptors (Lipinski definition) is 11. The van der Waals surface area contributed by atoms with Crippen LogP contribution in [0.4, 0.5) is 5.13 Å². The number of amidine groups is 1. The standard InChI is InChI=1S/C19H24N8O4S3/c1-9-2-3-12(15-16(9)32-19(21)25-15)11-4-5-13(33(28,29)10-6-7-24-8-10)17(34(23,30)31)14(11)18(20)26-27-22/h2-5,10,24,27H,6-8,22H2,1H3,(H2,20,26)(H2,21,25)(H2,23,30,31). The summed E-state index contributed by atoms with van der Waals surface area (Å²) in [5.74, 6) is 4.94. The van der Waals surface area contributed by atoms with Crippen LogP contribution in [0.5, 0.6) is 0 Å². The Bertz CT molecular complexity index is 1520. The molecular formula is C19H24N8O4S3.